The number of carbonyl (C=O) groups excluding carboxylic acids is 1. The summed E-state index contributed by atoms with van der Waals surface area (Å²) in [4.78, 5) is 16.2. The first kappa shape index (κ1) is 14.0. The Bertz CT molecular complexity index is 416. The van der Waals surface area contributed by atoms with Gasteiger partial charge in [0.1, 0.15) is 0 Å². The molecular formula is C16H24N2O. The van der Waals surface area contributed by atoms with Crippen LogP contribution in [-0.4, -0.2) is 16.9 Å². The standard InChI is InChI=1S/C16H24N2O/c1-11(2)14-5-4-12(3)10-15(14)18-16(19)13-6-8-17-9-7-13/h6-9,11-12,14-15H,4-5,10H2,1-3H3,(H,18,19)/t12-,14+,15+/m0/s1. The zero-order valence-corrected chi connectivity index (χ0v) is 12.1. The third-order valence-electron chi connectivity index (χ3n) is 4.28. The Balaban J connectivity index is 2.04. The molecule has 3 atom stereocenters. The summed E-state index contributed by atoms with van der Waals surface area (Å²) in [7, 11) is 0. The van der Waals surface area contributed by atoms with Crippen molar-refractivity contribution in [3.05, 3.63) is 30.1 Å². The minimum atomic E-state index is 0.0344. The summed E-state index contributed by atoms with van der Waals surface area (Å²) in [6.45, 7) is 6.79. The molecule has 1 N–H and O–H groups in total. The Morgan fingerprint density at radius 1 is 1.32 bits per heavy atom. The predicted molar refractivity (Wildman–Crippen MR) is 76.8 cm³/mol. The molecular weight excluding hydrogens is 236 g/mol. The SMILES string of the molecule is CC(C)[C@H]1CC[C@H](C)C[C@H]1NC(=O)c1ccncc1. The van der Waals surface area contributed by atoms with Crippen molar-refractivity contribution in [2.24, 2.45) is 17.8 Å². The van der Waals surface area contributed by atoms with Gasteiger partial charge in [0, 0.05) is 24.0 Å². The third-order valence-corrected chi connectivity index (χ3v) is 4.28. The van der Waals surface area contributed by atoms with Crippen molar-refractivity contribution in [1.82, 2.24) is 10.3 Å². The summed E-state index contributed by atoms with van der Waals surface area (Å²) in [6, 6.07) is 3.85. The highest BCUT2D eigenvalue weighted by molar-refractivity contribution is 5.94. The van der Waals surface area contributed by atoms with Gasteiger partial charge >= 0.3 is 0 Å². The van der Waals surface area contributed by atoms with Crippen LogP contribution in [-0.2, 0) is 0 Å². The molecule has 104 valence electrons. The maximum absolute atomic E-state index is 12.2. The normalized spacial score (nSPS) is 27.3. The molecule has 1 aliphatic carbocycles. The molecule has 1 aromatic heterocycles. The van der Waals surface area contributed by atoms with Crippen LogP contribution in [0.25, 0.3) is 0 Å². The Labute approximate surface area is 115 Å². The Hall–Kier alpha value is -1.38. The fourth-order valence-corrected chi connectivity index (χ4v) is 3.12. The summed E-state index contributed by atoms with van der Waals surface area (Å²) < 4.78 is 0. The summed E-state index contributed by atoms with van der Waals surface area (Å²) >= 11 is 0. The Morgan fingerprint density at radius 3 is 2.63 bits per heavy atom. The van der Waals surface area contributed by atoms with E-state index in [1.165, 1.54) is 12.8 Å². The topological polar surface area (TPSA) is 42.0 Å². The third kappa shape index (κ3) is 3.55. The second-order valence-electron chi connectivity index (χ2n) is 6.14. The lowest BCUT2D eigenvalue weighted by molar-refractivity contribution is 0.0868. The molecule has 1 aromatic rings. The highest BCUT2D eigenvalue weighted by Gasteiger charge is 2.31. The van der Waals surface area contributed by atoms with Crippen molar-refractivity contribution >= 4 is 5.91 Å². The number of pyridine rings is 1. The average molecular weight is 260 g/mol. The summed E-state index contributed by atoms with van der Waals surface area (Å²) in [6.07, 6.45) is 6.93. The average Bonchev–Trinajstić information content (AvgIpc) is 2.39. The molecule has 19 heavy (non-hydrogen) atoms. The Kier molecular flexibility index (Phi) is 4.56. The molecule has 0 spiro atoms. The van der Waals surface area contributed by atoms with Crippen LogP contribution in [0.1, 0.15) is 50.4 Å². The van der Waals surface area contributed by atoms with Crippen LogP contribution in [0.15, 0.2) is 24.5 Å². The smallest absolute Gasteiger partial charge is 0.251 e. The minimum absolute atomic E-state index is 0.0344. The van der Waals surface area contributed by atoms with Crippen LogP contribution in [0.4, 0.5) is 0 Å². The second-order valence-corrected chi connectivity index (χ2v) is 6.14. The van der Waals surface area contributed by atoms with Gasteiger partial charge in [-0.1, -0.05) is 27.2 Å². The number of rotatable bonds is 3. The predicted octanol–water partition coefficient (Wildman–Crippen LogP) is 3.27. The fraction of sp³-hybridized carbons (Fsp3) is 0.625. The van der Waals surface area contributed by atoms with Gasteiger partial charge in [0.2, 0.25) is 0 Å². The monoisotopic (exact) mass is 260 g/mol. The van der Waals surface area contributed by atoms with Gasteiger partial charge in [0.05, 0.1) is 0 Å². The molecule has 0 bridgehead atoms. The number of hydrogen-bond donors (Lipinski definition) is 1. The number of hydrogen-bond acceptors (Lipinski definition) is 2. The molecule has 0 unspecified atom stereocenters. The van der Waals surface area contributed by atoms with Crippen molar-refractivity contribution in [3.63, 3.8) is 0 Å². The molecule has 0 aliphatic heterocycles. The van der Waals surface area contributed by atoms with Gasteiger partial charge in [-0.05, 0) is 42.7 Å². The van der Waals surface area contributed by atoms with Crippen molar-refractivity contribution in [2.45, 2.75) is 46.1 Å². The van der Waals surface area contributed by atoms with Crippen molar-refractivity contribution in [3.8, 4) is 0 Å². The van der Waals surface area contributed by atoms with Crippen LogP contribution in [0.5, 0.6) is 0 Å². The van der Waals surface area contributed by atoms with Gasteiger partial charge in [-0.3, -0.25) is 9.78 Å². The van der Waals surface area contributed by atoms with Gasteiger partial charge in [-0.15, -0.1) is 0 Å². The van der Waals surface area contributed by atoms with E-state index in [1.54, 1.807) is 24.5 Å². The molecule has 1 amide bonds. The molecule has 3 heteroatoms. The maximum atomic E-state index is 12.2. The highest BCUT2D eigenvalue weighted by atomic mass is 16.1. The maximum Gasteiger partial charge on any atom is 0.251 e. The van der Waals surface area contributed by atoms with E-state index in [-0.39, 0.29) is 5.91 Å². The fourth-order valence-electron chi connectivity index (χ4n) is 3.12. The van der Waals surface area contributed by atoms with Crippen LogP contribution in [0, 0.1) is 17.8 Å². The van der Waals surface area contributed by atoms with E-state index in [0.717, 1.165) is 6.42 Å². The number of nitrogens with zero attached hydrogens (tertiary/aromatic N) is 1. The molecule has 1 heterocycles. The van der Waals surface area contributed by atoms with Crippen molar-refractivity contribution in [2.75, 3.05) is 0 Å². The van der Waals surface area contributed by atoms with Crippen molar-refractivity contribution < 1.29 is 4.79 Å². The highest BCUT2D eigenvalue weighted by Crippen LogP contribution is 2.33. The van der Waals surface area contributed by atoms with E-state index in [0.29, 0.717) is 29.4 Å². The number of nitrogens with one attached hydrogen (secondary N) is 1. The van der Waals surface area contributed by atoms with E-state index < -0.39 is 0 Å². The zero-order valence-electron chi connectivity index (χ0n) is 12.1. The summed E-state index contributed by atoms with van der Waals surface area (Å²) in [5.74, 6) is 1.96. The van der Waals surface area contributed by atoms with Gasteiger partial charge < -0.3 is 5.32 Å². The first-order valence-corrected chi connectivity index (χ1v) is 7.28. The van der Waals surface area contributed by atoms with Crippen LogP contribution in [0.3, 0.4) is 0 Å². The molecule has 1 fully saturated rings. The van der Waals surface area contributed by atoms with E-state index in [2.05, 4.69) is 31.1 Å². The number of amides is 1. The lowest BCUT2D eigenvalue weighted by Gasteiger charge is -2.37. The minimum Gasteiger partial charge on any atom is -0.349 e. The zero-order chi connectivity index (χ0) is 13.8. The molecule has 0 radical (unpaired) electrons. The van der Waals surface area contributed by atoms with Crippen LogP contribution in [0.2, 0.25) is 0 Å². The van der Waals surface area contributed by atoms with Gasteiger partial charge in [0.25, 0.3) is 5.91 Å². The van der Waals surface area contributed by atoms with Crippen molar-refractivity contribution in [1.29, 1.82) is 0 Å². The van der Waals surface area contributed by atoms with Gasteiger partial charge in [0.15, 0.2) is 0 Å². The largest absolute Gasteiger partial charge is 0.349 e. The lowest BCUT2D eigenvalue weighted by Crippen LogP contribution is -2.45. The lowest BCUT2D eigenvalue weighted by atomic mass is 9.74. The van der Waals surface area contributed by atoms with E-state index in [4.69, 9.17) is 0 Å². The van der Waals surface area contributed by atoms with Crippen LogP contribution >= 0.6 is 0 Å². The number of aromatic nitrogens is 1. The summed E-state index contributed by atoms with van der Waals surface area (Å²) in [5, 5.41) is 3.23. The first-order valence-electron chi connectivity index (χ1n) is 7.28. The van der Waals surface area contributed by atoms with E-state index in [1.807, 2.05) is 0 Å². The molecule has 1 saturated carbocycles. The molecule has 0 aromatic carbocycles. The molecule has 2 rings (SSSR count). The first-order chi connectivity index (χ1) is 9.08. The Morgan fingerprint density at radius 2 is 2.00 bits per heavy atom. The second kappa shape index (κ2) is 6.18. The van der Waals surface area contributed by atoms with Gasteiger partial charge in [-0.2, -0.15) is 0 Å². The van der Waals surface area contributed by atoms with E-state index >= 15 is 0 Å². The van der Waals surface area contributed by atoms with E-state index in [9.17, 15) is 4.79 Å². The molecule has 1 aliphatic rings. The van der Waals surface area contributed by atoms with Gasteiger partial charge in [-0.25, -0.2) is 0 Å². The van der Waals surface area contributed by atoms with Crippen LogP contribution < -0.4 is 5.32 Å². The number of carbonyl (C=O) groups is 1. The molecule has 0 saturated heterocycles. The quantitative estimate of drug-likeness (QED) is 0.906. The summed E-state index contributed by atoms with van der Waals surface area (Å²) in [5.41, 5.74) is 0.704. The molecule has 3 nitrogen and oxygen atoms in total.